The molecule has 32 heavy (non-hydrogen) atoms. The minimum Gasteiger partial charge on any atom is -0.481 e. The molecule has 0 aliphatic heterocycles. The summed E-state index contributed by atoms with van der Waals surface area (Å²) in [6.07, 6.45) is 9.75. The number of rotatable bonds is 10. The topological polar surface area (TPSA) is 92.7 Å². The lowest BCUT2D eigenvalue weighted by atomic mass is 9.74. The standard InChI is InChI=1S/C26H35NO5/c1-2-8-21(23(28)29)17-26(15-6-7-16-26)25(31)27-22-13-11-20(12-14-22)24(30)32-18-19-9-4-3-5-10-19/h3-7,9-10,20-22H,2,8,11-18H2,1H3,(H,27,31)(H,28,29)/t20-,21?,22+. The van der Waals surface area contributed by atoms with E-state index in [9.17, 15) is 19.5 Å². The first kappa shape index (κ1) is 24.0. The van der Waals surface area contributed by atoms with Crippen LogP contribution in [0.2, 0.25) is 0 Å². The summed E-state index contributed by atoms with van der Waals surface area (Å²) in [6.45, 7) is 2.26. The van der Waals surface area contributed by atoms with Crippen molar-refractivity contribution < 1.29 is 24.2 Å². The highest BCUT2D eigenvalue weighted by Gasteiger charge is 2.43. The van der Waals surface area contributed by atoms with Gasteiger partial charge in [0, 0.05) is 6.04 Å². The van der Waals surface area contributed by atoms with Crippen LogP contribution in [-0.4, -0.2) is 29.0 Å². The summed E-state index contributed by atoms with van der Waals surface area (Å²) in [5.41, 5.74) is 0.309. The number of amides is 1. The molecule has 1 saturated carbocycles. The zero-order valence-corrected chi connectivity index (χ0v) is 18.9. The number of aliphatic carboxylic acids is 1. The van der Waals surface area contributed by atoms with Crippen molar-refractivity contribution >= 4 is 17.8 Å². The van der Waals surface area contributed by atoms with Crippen LogP contribution >= 0.6 is 0 Å². The van der Waals surface area contributed by atoms with Gasteiger partial charge in [0.2, 0.25) is 5.91 Å². The first-order chi connectivity index (χ1) is 15.4. The van der Waals surface area contributed by atoms with Gasteiger partial charge in [0.15, 0.2) is 0 Å². The Balaban J connectivity index is 1.49. The van der Waals surface area contributed by atoms with Crippen LogP contribution < -0.4 is 5.32 Å². The molecule has 0 radical (unpaired) electrons. The van der Waals surface area contributed by atoms with E-state index in [-0.39, 0.29) is 30.4 Å². The lowest BCUT2D eigenvalue weighted by Crippen LogP contribution is -2.47. The van der Waals surface area contributed by atoms with Crippen molar-refractivity contribution in [1.82, 2.24) is 5.32 Å². The lowest BCUT2D eigenvalue weighted by molar-refractivity contribution is -0.151. The molecule has 0 aromatic heterocycles. The fourth-order valence-corrected chi connectivity index (χ4v) is 4.94. The van der Waals surface area contributed by atoms with Gasteiger partial charge in [-0.3, -0.25) is 14.4 Å². The number of esters is 1. The number of nitrogens with one attached hydrogen (secondary N) is 1. The van der Waals surface area contributed by atoms with E-state index in [2.05, 4.69) is 5.32 Å². The largest absolute Gasteiger partial charge is 0.481 e. The van der Waals surface area contributed by atoms with Gasteiger partial charge in [0.1, 0.15) is 6.61 Å². The maximum absolute atomic E-state index is 13.2. The SMILES string of the molecule is CCCC(CC1(C(=O)N[C@H]2CC[C@@H](C(=O)OCc3ccccc3)CC2)CC=CC1)C(=O)O. The second-order valence-corrected chi connectivity index (χ2v) is 9.30. The van der Waals surface area contributed by atoms with E-state index in [1.54, 1.807) is 0 Å². The molecule has 174 valence electrons. The maximum atomic E-state index is 13.2. The van der Waals surface area contributed by atoms with Crippen molar-refractivity contribution in [1.29, 1.82) is 0 Å². The van der Waals surface area contributed by atoms with E-state index in [4.69, 9.17) is 4.74 Å². The van der Waals surface area contributed by atoms with Gasteiger partial charge in [-0.05, 0) is 56.9 Å². The van der Waals surface area contributed by atoms with Gasteiger partial charge in [-0.25, -0.2) is 0 Å². The van der Waals surface area contributed by atoms with E-state index in [0.29, 0.717) is 38.5 Å². The molecule has 1 atom stereocenters. The smallest absolute Gasteiger partial charge is 0.309 e. The molecule has 1 unspecified atom stereocenters. The number of carboxylic acids is 1. The summed E-state index contributed by atoms with van der Waals surface area (Å²) in [5.74, 6) is -1.66. The summed E-state index contributed by atoms with van der Waals surface area (Å²) in [7, 11) is 0. The van der Waals surface area contributed by atoms with Crippen LogP contribution in [0.4, 0.5) is 0 Å². The van der Waals surface area contributed by atoms with E-state index in [1.165, 1.54) is 0 Å². The third kappa shape index (κ3) is 6.21. The summed E-state index contributed by atoms with van der Waals surface area (Å²) >= 11 is 0. The van der Waals surface area contributed by atoms with Crippen molar-refractivity contribution in [3.8, 4) is 0 Å². The van der Waals surface area contributed by atoms with Crippen molar-refractivity contribution in [2.45, 2.75) is 77.4 Å². The van der Waals surface area contributed by atoms with Crippen LogP contribution in [0.25, 0.3) is 0 Å². The Hall–Kier alpha value is -2.63. The second-order valence-electron chi connectivity index (χ2n) is 9.30. The molecule has 2 N–H and O–H groups in total. The lowest BCUT2D eigenvalue weighted by Gasteiger charge is -2.34. The molecule has 0 bridgehead atoms. The van der Waals surface area contributed by atoms with Gasteiger partial charge in [0.25, 0.3) is 0 Å². The van der Waals surface area contributed by atoms with Gasteiger partial charge in [-0.2, -0.15) is 0 Å². The van der Waals surface area contributed by atoms with Gasteiger partial charge >= 0.3 is 11.9 Å². The monoisotopic (exact) mass is 441 g/mol. The van der Waals surface area contributed by atoms with Crippen LogP contribution in [0.3, 0.4) is 0 Å². The normalized spacial score (nSPS) is 22.8. The minimum atomic E-state index is -0.819. The number of carbonyl (C=O) groups excluding carboxylic acids is 2. The van der Waals surface area contributed by atoms with Crippen LogP contribution in [-0.2, 0) is 25.7 Å². The van der Waals surface area contributed by atoms with Gasteiger partial charge < -0.3 is 15.2 Å². The molecule has 3 rings (SSSR count). The Morgan fingerprint density at radius 2 is 1.75 bits per heavy atom. The van der Waals surface area contributed by atoms with Gasteiger partial charge in [-0.1, -0.05) is 55.8 Å². The quantitative estimate of drug-likeness (QED) is 0.408. The second kappa shape index (κ2) is 11.3. The zero-order valence-electron chi connectivity index (χ0n) is 18.9. The van der Waals surface area contributed by atoms with E-state index >= 15 is 0 Å². The predicted molar refractivity (Wildman–Crippen MR) is 122 cm³/mol. The molecule has 6 nitrogen and oxygen atoms in total. The molecule has 0 saturated heterocycles. The third-order valence-corrected chi connectivity index (χ3v) is 6.91. The molecular weight excluding hydrogens is 406 g/mol. The summed E-state index contributed by atoms with van der Waals surface area (Å²) < 4.78 is 5.48. The van der Waals surface area contributed by atoms with Crippen LogP contribution in [0, 0.1) is 17.3 Å². The number of allylic oxidation sites excluding steroid dienone is 2. The molecule has 2 aliphatic rings. The maximum Gasteiger partial charge on any atom is 0.309 e. The number of benzene rings is 1. The van der Waals surface area contributed by atoms with Crippen molar-refractivity contribution in [2.24, 2.45) is 17.3 Å². The average molecular weight is 442 g/mol. The Morgan fingerprint density at radius 1 is 1.09 bits per heavy atom. The molecule has 2 aliphatic carbocycles. The molecule has 1 aromatic carbocycles. The molecule has 0 heterocycles. The summed E-state index contributed by atoms with van der Waals surface area (Å²) in [5, 5.41) is 12.8. The van der Waals surface area contributed by atoms with Gasteiger partial charge in [0.05, 0.1) is 17.3 Å². The first-order valence-electron chi connectivity index (χ1n) is 11.8. The number of carbonyl (C=O) groups is 3. The Labute approximate surface area is 190 Å². The summed E-state index contributed by atoms with van der Waals surface area (Å²) in [6, 6.07) is 9.66. The van der Waals surface area contributed by atoms with E-state index < -0.39 is 17.3 Å². The highest BCUT2D eigenvalue weighted by molar-refractivity contribution is 5.85. The highest BCUT2D eigenvalue weighted by atomic mass is 16.5. The number of hydrogen-bond donors (Lipinski definition) is 2. The van der Waals surface area contributed by atoms with Crippen LogP contribution in [0.1, 0.15) is 70.3 Å². The van der Waals surface area contributed by atoms with E-state index in [1.807, 2.05) is 49.4 Å². The van der Waals surface area contributed by atoms with Crippen LogP contribution in [0.5, 0.6) is 0 Å². The first-order valence-corrected chi connectivity index (χ1v) is 11.8. The minimum absolute atomic E-state index is 0.0209. The molecule has 6 heteroatoms. The fourth-order valence-electron chi connectivity index (χ4n) is 4.94. The molecular formula is C26H35NO5. The Bertz CT molecular complexity index is 803. The van der Waals surface area contributed by atoms with Crippen molar-refractivity contribution in [3.63, 3.8) is 0 Å². The van der Waals surface area contributed by atoms with Gasteiger partial charge in [-0.15, -0.1) is 0 Å². The molecule has 1 aromatic rings. The highest BCUT2D eigenvalue weighted by Crippen LogP contribution is 2.41. The molecule has 0 spiro atoms. The third-order valence-electron chi connectivity index (χ3n) is 6.91. The van der Waals surface area contributed by atoms with Crippen molar-refractivity contribution in [2.75, 3.05) is 0 Å². The Morgan fingerprint density at radius 3 is 2.34 bits per heavy atom. The number of hydrogen-bond acceptors (Lipinski definition) is 4. The van der Waals surface area contributed by atoms with E-state index in [0.717, 1.165) is 24.8 Å². The van der Waals surface area contributed by atoms with Crippen LogP contribution in [0.15, 0.2) is 42.5 Å². The number of ether oxygens (including phenoxy) is 1. The molecule has 1 amide bonds. The molecule has 1 fully saturated rings. The fraction of sp³-hybridized carbons (Fsp3) is 0.577. The predicted octanol–water partition coefficient (Wildman–Crippen LogP) is 4.63. The number of carboxylic acid groups (broad SMARTS) is 1. The Kier molecular flexibility index (Phi) is 8.48. The average Bonchev–Trinajstić information content (AvgIpc) is 3.28. The summed E-state index contributed by atoms with van der Waals surface area (Å²) in [4.78, 5) is 37.4. The zero-order chi connectivity index (χ0) is 23.0. The van der Waals surface area contributed by atoms with Crippen molar-refractivity contribution in [3.05, 3.63) is 48.0 Å².